The summed E-state index contributed by atoms with van der Waals surface area (Å²) in [6.45, 7) is 0. The molecule has 15 heteroatoms. The fraction of sp³-hybridized carbons (Fsp3) is 0. The molecule has 0 aliphatic heterocycles. The Morgan fingerprint density at radius 2 is 0.533 bits per heavy atom. The van der Waals surface area contributed by atoms with E-state index < -0.39 is 10.2 Å². The minimum atomic E-state index is -1.25. The van der Waals surface area contributed by atoms with E-state index in [1.165, 1.54) is 0 Å². The summed E-state index contributed by atoms with van der Waals surface area (Å²) in [6.07, 6.45) is 0. The van der Waals surface area contributed by atoms with Gasteiger partial charge in [0, 0.05) is 16.8 Å². The predicted molar refractivity (Wildman–Crippen MR) is 36.1 cm³/mol. The van der Waals surface area contributed by atoms with Gasteiger partial charge in [0.1, 0.15) is 9.81 Å². The maximum atomic E-state index is 8.47. The molecule has 16 N–H and O–H groups in total. The molecule has 0 spiro atoms. The van der Waals surface area contributed by atoms with Gasteiger partial charge < -0.3 is 32.9 Å². The monoisotopic (exact) mass is 295 g/mol. The van der Waals surface area contributed by atoms with E-state index in [4.69, 9.17) is 30.6 Å². The molecule has 1 radical (unpaired) electrons. The van der Waals surface area contributed by atoms with Crippen LogP contribution in [0.3, 0.4) is 0 Å². The van der Waals surface area contributed by atoms with Crippen molar-refractivity contribution in [1.29, 1.82) is 0 Å². The molecule has 0 saturated heterocycles. The Morgan fingerprint density at radius 1 is 0.533 bits per heavy atom. The van der Waals surface area contributed by atoms with Crippen molar-refractivity contribution in [2.45, 2.75) is 0 Å². The molecule has 0 atom stereocenters. The van der Waals surface area contributed by atoms with E-state index in [-0.39, 0.29) is 49.6 Å². The Hall–Kier alpha value is -1.33. The number of hydrogen-bond acceptors (Lipinski definition) is 2. The first-order chi connectivity index (χ1) is 3.46. The molecule has 105 valence electrons. The second kappa shape index (κ2) is 79.2. The first-order valence-electron chi connectivity index (χ1n) is 1.17. The number of nitrogens with zero attached hydrogens (tertiary/aromatic N) is 2. The molecule has 14 nitrogen and oxygen atoms in total. The minimum absolute atomic E-state index is 0. The molecule has 0 aromatic heterocycles. The zero-order valence-corrected chi connectivity index (χ0v) is 7.87. The average Bonchev–Trinajstić information content (AvgIpc) is 1.25. The Labute approximate surface area is 91.4 Å². The van der Waals surface area contributed by atoms with Crippen molar-refractivity contribution in [2.24, 2.45) is 0 Å². The molecule has 0 aromatic rings. The van der Waals surface area contributed by atoms with Gasteiger partial charge in [-0.05, 0) is 0 Å². The van der Waals surface area contributed by atoms with Crippen molar-refractivity contribution < 1.29 is 80.6 Å². The number of hydrogen-bond donors (Lipinski definition) is 4. The summed E-state index contributed by atoms with van der Waals surface area (Å²) in [7, 11) is 0. The van der Waals surface area contributed by atoms with E-state index in [0.29, 0.717) is 0 Å². The summed E-state index contributed by atoms with van der Waals surface area (Å²) in [5.74, 6) is 0. The second-order valence-corrected chi connectivity index (χ2v) is 0.505. The average molecular weight is 295 g/mol. The van der Waals surface area contributed by atoms with E-state index in [2.05, 4.69) is 0 Å². The Bertz CT molecular complexity index is 71.6. The van der Waals surface area contributed by atoms with Crippen molar-refractivity contribution in [1.82, 2.24) is 0 Å². The maximum Gasteiger partial charge on any atom is 0.472 e. The van der Waals surface area contributed by atoms with Gasteiger partial charge in [0.2, 0.25) is 0 Å². The second-order valence-electron chi connectivity index (χ2n) is 0.505. The summed E-state index contributed by atoms with van der Waals surface area (Å²) in [4.78, 5) is 16.9. The smallest absolute Gasteiger partial charge is 0.412 e. The van der Waals surface area contributed by atoms with Crippen LogP contribution in [0.4, 0.5) is 0 Å². The summed E-state index contributed by atoms with van der Waals surface area (Å²) in [5.41, 5.74) is 0. The van der Waals surface area contributed by atoms with Crippen LogP contribution in [0.5, 0.6) is 0 Å². The molecule has 0 fully saturated rings. The van der Waals surface area contributed by atoms with Gasteiger partial charge in [-0.15, -0.1) is 0 Å². The molecule has 0 aliphatic carbocycles. The van der Waals surface area contributed by atoms with Gasteiger partial charge in [-0.25, -0.2) is 20.8 Å². The predicted octanol–water partition coefficient (Wildman–Crippen LogP) is -5.86. The summed E-state index contributed by atoms with van der Waals surface area (Å²) in [5, 5.41) is 25.1. The van der Waals surface area contributed by atoms with Gasteiger partial charge in [-0.3, -0.25) is 0 Å². The van der Waals surface area contributed by atoms with Crippen molar-refractivity contribution in [3.8, 4) is 0 Å². The molecule has 0 saturated carbocycles. The fourth-order valence-electron chi connectivity index (χ4n) is 0. The number of rotatable bonds is 0. The molecule has 0 heterocycles. The Balaban J connectivity index is -0.00000000468. The molecule has 0 aliphatic rings. The van der Waals surface area contributed by atoms with E-state index in [1.807, 2.05) is 0 Å². The van der Waals surface area contributed by atoms with Gasteiger partial charge in [0.05, 0.1) is 0 Å². The SMILES string of the molecule is O.O.O.O.O.O.O=[N+](O)O.O=[N+](O)O.[Co]. The van der Waals surface area contributed by atoms with Gasteiger partial charge in [0.25, 0.3) is 0 Å². The summed E-state index contributed by atoms with van der Waals surface area (Å²) in [6, 6.07) is 0. The van der Waals surface area contributed by atoms with Gasteiger partial charge in [-0.1, -0.05) is 0 Å². The van der Waals surface area contributed by atoms with E-state index >= 15 is 0 Å². The quantitative estimate of drug-likeness (QED) is 0.314. The largest absolute Gasteiger partial charge is 0.472 e. The van der Waals surface area contributed by atoms with Crippen molar-refractivity contribution in [2.75, 3.05) is 0 Å². The van der Waals surface area contributed by atoms with E-state index in [1.54, 1.807) is 0 Å². The van der Waals surface area contributed by atoms with Crippen LogP contribution < -0.4 is 0 Å². The standard InChI is InChI=1S/Co.2H2NO3.6H2O/c;2*2-1(3)4;;;;;;/h;2*(H2,2,3,4);6*1H2/q;2*+1;;;;;;. The van der Waals surface area contributed by atoms with Crippen LogP contribution in [-0.4, -0.2) is 63.9 Å². The van der Waals surface area contributed by atoms with Crippen molar-refractivity contribution in [3.63, 3.8) is 0 Å². The summed E-state index contributed by atoms with van der Waals surface area (Å²) < 4.78 is 0. The van der Waals surface area contributed by atoms with Gasteiger partial charge in [-0.2, -0.15) is 0 Å². The zero-order chi connectivity index (χ0) is 7.15. The molecular weight excluding hydrogens is 279 g/mol. The van der Waals surface area contributed by atoms with E-state index in [9.17, 15) is 0 Å². The van der Waals surface area contributed by atoms with Crippen LogP contribution >= 0.6 is 0 Å². The van der Waals surface area contributed by atoms with E-state index in [0.717, 1.165) is 0 Å². The molecular formula is H16CoN2O12+2. The third kappa shape index (κ3) is 810. The molecule has 0 aromatic carbocycles. The van der Waals surface area contributed by atoms with Crippen LogP contribution in [0.1, 0.15) is 0 Å². The Kier molecular flexibility index (Phi) is 531. The normalized spacial score (nSPS) is 3.20. The van der Waals surface area contributed by atoms with Crippen LogP contribution in [0.15, 0.2) is 0 Å². The van der Waals surface area contributed by atoms with Crippen LogP contribution in [0.2, 0.25) is 0 Å². The summed E-state index contributed by atoms with van der Waals surface area (Å²) >= 11 is 0. The maximum absolute atomic E-state index is 8.47. The Morgan fingerprint density at radius 3 is 0.533 bits per heavy atom. The fourth-order valence-corrected chi connectivity index (χ4v) is 0. The zero-order valence-electron chi connectivity index (χ0n) is 6.83. The van der Waals surface area contributed by atoms with Gasteiger partial charge >= 0.3 is 10.2 Å². The minimum Gasteiger partial charge on any atom is -0.412 e. The van der Waals surface area contributed by atoms with Gasteiger partial charge in [0.15, 0.2) is 0 Å². The third-order valence-electron chi connectivity index (χ3n) is 0. The molecule has 15 heavy (non-hydrogen) atoms. The van der Waals surface area contributed by atoms with Crippen LogP contribution in [0.25, 0.3) is 0 Å². The van der Waals surface area contributed by atoms with Crippen LogP contribution in [-0.2, 0) is 16.8 Å². The third-order valence-corrected chi connectivity index (χ3v) is 0. The first kappa shape index (κ1) is 101. The topological polar surface area (TPSA) is 310 Å². The molecule has 0 rings (SSSR count). The van der Waals surface area contributed by atoms with Crippen LogP contribution in [0, 0.1) is 9.81 Å². The first-order valence-corrected chi connectivity index (χ1v) is 1.17. The van der Waals surface area contributed by atoms with Crippen molar-refractivity contribution in [3.05, 3.63) is 9.81 Å². The molecule has 0 bridgehead atoms. The molecule has 0 unspecified atom stereocenters. The molecule has 0 amide bonds. The van der Waals surface area contributed by atoms with Crippen molar-refractivity contribution >= 4 is 0 Å².